The molecule has 0 spiro atoms. The Hall–Kier alpha value is -1.60. The molecule has 17 heavy (non-hydrogen) atoms. The molecule has 0 radical (unpaired) electrons. The number of primary sulfonamides is 1. The molecule has 0 unspecified atom stereocenters. The first kappa shape index (κ1) is 13.5. The van der Waals surface area contributed by atoms with Crippen molar-refractivity contribution >= 4 is 21.7 Å². The molecule has 0 heterocycles. The number of nitrogens with one attached hydrogen (secondary N) is 2. The number of hydrogen-bond donors (Lipinski definition) is 3. The first-order valence-electron chi connectivity index (χ1n) is 4.99. The predicted octanol–water partition coefficient (Wildman–Crippen LogP) is 0.864. The highest BCUT2D eigenvalue weighted by atomic mass is 32.2. The third kappa shape index (κ3) is 4.41. The first-order chi connectivity index (χ1) is 7.79. The molecule has 7 heteroatoms. The van der Waals surface area contributed by atoms with E-state index in [1.54, 1.807) is 6.07 Å². The Morgan fingerprint density at radius 3 is 2.53 bits per heavy atom. The maximum Gasteiger partial charge on any atom is 0.319 e. The highest BCUT2D eigenvalue weighted by Crippen LogP contribution is 2.13. The lowest BCUT2D eigenvalue weighted by Gasteiger charge is -2.10. The number of rotatable bonds is 3. The van der Waals surface area contributed by atoms with Crippen LogP contribution in [-0.2, 0) is 10.0 Å². The van der Waals surface area contributed by atoms with Crippen molar-refractivity contribution < 1.29 is 13.2 Å². The van der Waals surface area contributed by atoms with E-state index in [9.17, 15) is 13.2 Å². The number of nitrogens with two attached hydrogens (primary N) is 1. The Kier molecular flexibility index (Phi) is 4.08. The van der Waals surface area contributed by atoms with Gasteiger partial charge in [0.2, 0.25) is 10.0 Å². The Labute approximate surface area is 100 Å². The normalized spacial score (nSPS) is 11.3. The van der Waals surface area contributed by atoms with Gasteiger partial charge in [0.1, 0.15) is 0 Å². The van der Waals surface area contributed by atoms with E-state index >= 15 is 0 Å². The number of carbonyl (C=O) groups excluding carboxylic acids is 1. The topological polar surface area (TPSA) is 101 Å². The number of anilines is 1. The van der Waals surface area contributed by atoms with Crippen LogP contribution < -0.4 is 15.8 Å². The zero-order chi connectivity index (χ0) is 13.1. The molecule has 0 aliphatic rings. The summed E-state index contributed by atoms with van der Waals surface area (Å²) in [6, 6.07) is 5.35. The lowest BCUT2D eigenvalue weighted by atomic mass is 10.3. The monoisotopic (exact) mass is 257 g/mol. The maximum absolute atomic E-state index is 11.4. The van der Waals surface area contributed by atoms with Crippen molar-refractivity contribution in [1.29, 1.82) is 0 Å². The summed E-state index contributed by atoms with van der Waals surface area (Å²) in [7, 11) is -3.76. The van der Waals surface area contributed by atoms with Crippen molar-refractivity contribution in [2.24, 2.45) is 5.14 Å². The predicted molar refractivity (Wildman–Crippen MR) is 65.1 cm³/mol. The molecular formula is C10H15N3O3S. The van der Waals surface area contributed by atoms with Gasteiger partial charge in [0, 0.05) is 11.7 Å². The van der Waals surface area contributed by atoms with E-state index < -0.39 is 16.1 Å². The number of urea groups is 1. The SMILES string of the molecule is CC(C)NC(=O)Nc1cccc(S(N)(=O)=O)c1. The van der Waals surface area contributed by atoms with Crippen LogP contribution in [0.25, 0.3) is 0 Å². The summed E-state index contributed by atoms with van der Waals surface area (Å²) in [5.41, 5.74) is 0.370. The van der Waals surface area contributed by atoms with E-state index in [1.807, 2.05) is 13.8 Å². The minimum atomic E-state index is -3.76. The standard InChI is InChI=1S/C10H15N3O3S/c1-7(2)12-10(14)13-8-4-3-5-9(6-8)17(11,15)16/h3-7H,1-2H3,(H2,11,15,16)(H2,12,13,14). The molecule has 1 rings (SSSR count). The van der Waals surface area contributed by atoms with E-state index in [-0.39, 0.29) is 10.9 Å². The Morgan fingerprint density at radius 1 is 1.35 bits per heavy atom. The zero-order valence-corrected chi connectivity index (χ0v) is 10.4. The van der Waals surface area contributed by atoms with Gasteiger partial charge in [0.15, 0.2) is 0 Å². The molecule has 94 valence electrons. The smallest absolute Gasteiger partial charge is 0.319 e. The molecule has 0 bridgehead atoms. The van der Waals surface area contributed by atoms with Crippen LogP contribution in [0, 0.1) is 0 Å². The van der Waals surface area contributed by atoms with Gasteiger partial charge in [-0.1, -0.05) is 6.07 Å². The third-order valence-electron chi connectivity index (χ3n) is 1.84. The van der Waals surface area contributed by atoms with Gasteiger partial charge in [0.25, 0.3) is 0 Å². The lowest BCUT2D eigenvalue weighted by Crippen LogP contribution is -2.34. The van der Waals surface area contributed by atoms with Gasteiger partial charge in [0.05, 0.1) is 4.90 Å². The van der Waals surface area contributed by atoms with Crippen molar-refractivity contribution in [3.8, 4) is 0 Å². The van der Waals surface area contributed by atoms with E-state index in [4.69, 9.17) is 5.14 Å². The number of sulfonamides is 1. The quantitative estimate of drug-likeness (QED) is 0.748. The summed E-state index contributed by atoms with van der Waals surface area (Å²) in [4.78, 5) is 11.3. The first-order valence-corrected chi connectivity index (χ1v) is 6.54. The van der Waals surface area contributed by atoms with Crippen molar-refractivity contribution in [2.75, 3.05) is 5.32 Å². The summed E-state index contributed by atoms with van der Waals surface area (Å²) >= 11 is 0. The summed E-state index contributed by atoms with van der Waals surface area (Å²) in [6.45, 7) is 3.64. The van der Waals surface area contributed by atoms with Gasteiger partial charge < -0.3 is 10.6 Å². The van der Waals surface area contributed by atoms with Crippen molar-refractivity contribution in [3.05, 3.63) is 24.3 Å². The molecule has 4 N–H and O–H groups in total. The van der Waals surface area contributed by atoms with Crippen LogP contribution in [0.2, 0.25) is 0 Å². The van der Waals surface area contributed by atoms with Crippen LogP contribution in [0.3, 0.4) is 0 Å². The van der Waals surface area contributed by atoms with Crippen molar-refractivity contribution in [3.63, 3.8) is 0 Å². The number of carbonyl (C=O) groups is 1. The van der Waals surface area contributed by atoms with Crippen LogP contribution in [0.15, 0.2) is 29.2 Å². The molecule has 0 fully saturated rings. The number of amides is 2. The fraction of sp³-hybridized carbons (Fsp3) is 0.300. The van der Waals surface area contributed by atoms with E-state index in [2.05, 4.69) is 10.6 Å². The van der Waals surface area contributed by atoms with E-state index in [0.717, 1.165) is 0 Å². The largest absolute Gasteiger partial charge is 0.336 e. The Morgan fingerprint density at radius 2 is 2.00 bits per heavy atom. The van der Waals surface area contributed by atoms with E-state index in [0.29, 0.717) is 5.69 Å². The van der Waals surface area contributed by atoms with Gasteiger partial charge in [-0.3, -0.25) is 0 Å². The minimum absolute atomic E-state index is 0.00331. The molecule has 0 atom stereocenters. The molecule has 0 aromatic heterocycles. The molecule has 6 nitrogen and oxygen atoms in total. The van der Waals surface area contributed by atoms with E-state index in [1.165, 1.54) is 18.2 Å². The molecule has 0 aliphatic heterocycles. The van der Waals surface area contributed by atoms with Gasteiger partial charge in [-0.05, 0) is 32.0 Å². The second-order valence-electron chi connectivity index (χ2n) is 3.83. The fourth-order valence-electron chi connectivity index (χ4n) is 1.18. The molecular weight excluding hydrogens is 242 g/mol. The van der Waals surface area contributed by atoms with Crippen LogP contribution in [-0.4, -0.2) is 20.5 Å². The third-order valence-corrected chi connectivity index (χ3v) is 2.75. The highest BCUT2D eigenvalue weighted by Gasteiger charge is 2.09. The van der Waals surface area contributed by atoms with Crippen LogP contribution in [0.5, 0.6) is 0 Å². The molecule has 1 aromatic carbocycles. The summed E-state index contributed by atoms with van der Waals surface area (Å²) in [6.07, 6.45) is 0. The molecule has 0 saturated heterocycles. The summed E-state index contributed by atoms with van der Waals surface area (Å²) in [5.74, 6) is 0. The second-order valence-corrected chi connectivity index (χ2v) is 5.39. The molecule has 0 aliphatic carbocycles. The second kappa shape index (κ2) is 5.15. The summed E-state index contributed by atoms with van der Waals surface area (Å²) < 4.78 is 22.2. The fourth-order valence-corrected chi connectivity index (χ4v) is 1.74. The lowest BCUT2D eigenvalue weighted by molar-refractivity contribution is 0.250. The average molecular weight is 257 g/mol. The van der Waals surface area contributed by atoms with Crippen LogP contribution >= 0.6 is 0 Å². The average Bonchev–Trinajstić information content (AvgIpc) is 2.15. The van der Waals surface area contributed by atoms with Crippen LogP contribution in [0.1, 0.15) is 13.8 Å². The summed E-state index contributed by atoms with van der Waals surface area (Å²) in [5, 5.41) is 10.1. The highest BCUT2D eigenvalue weighted by molar-refractivity contribution is 7.89. The maximum atomic E-state index is 11.4. The zero-order valence-electron chi connectivity index (χ0n) is 9.60. The van der Waals surface area contributed by atoms with Gasteiger partial charge in [-0.15, -0.1) is 0 Å². The Balaban J connectivity index is 2.83. The van der Waals surface area contributed by atoms with Crippen LogP contribution in [0.4, 0.5) is 10.5 Å². The van der Waals surface area contributed by atoms with Crippen molar-refractivity contribution in [2.45, 2.75) is 24.8 Å². The number of benzene rings is 1. The molecule has 2 amide bonds. The molecule has 1 aromatic rings. The van der Waals surface area contributed by atoms with Gasteiger partial charge in [-0.2, -0.15) is 0 Å². The minimum Gasteiger partial charge on any atom is -0.336 e. The Bertz CT molecular complexity index is 511. The number of hydrogen-bond acceptors (Lipinski definition) is 3. The van der Waals surface area contributed by atoms with Gasteiger partial charge >= 0.3 is 6.03 Å². The van der Waals surface area contributed by atoms with Gasteiger partial charge in [-0.25, -0.2) is 18.4 Å². The molecule has 0 saturated carbocycles. The van der Waals surface area contributed by atoms with Crippen molar-refractivity contribution in [1.82, 2.24) is 5.32 Å².